The van der Waals surface area contributed by atoms with Gasteiger partial charge in [0.05, 0.1) is 24.2 Å². The molecule has 2 aromatic rings. The average molecular weight is 344 g/mol. The standard InChI is InChI=1S/C18H14ClNO4/c1-24-12-8-6-11(7-9-12)15(16(19)21)10-20-17(22)13-4-2-3-5-14(13)18(20)23/h2-9,15H,10H2,1H3. The summed E-state index contributed by atoms with van der Waals surface area (Å²) in [5, 5.41) is -0.628. The van der Waals surface area contributed by atoms with E-state index < -0.39 is 23.0 Å². The summed E-state index contributed by atoms with van der Waals surface area (Å²) in [7, 11) is 1.54. The van der Waals surface area contributed by atoms with Crippen LogP contribution in [0.4, 0.5) is 0 Å². The van der Waals surface area contributed by atoms with Gasteiger partial charge in [-0.05, 0) is 41.4 Å². The highest BCUT2D eigenvalue weighted by molar-refractivity contribution is 6.64. The Kier molecular flexibility index (Phi) is 4.36. The van der Waals surface area contributed by atoms with Gasteiger partial charge in [-0.15, -0.1) is 0 Å². The summed E-state index contributed by atoms with van der Waals surface area (Å²) in [4.78, 5) is 37.8. The minimum Gasteiger partial charge on any atom is -0.497 e. The molecule has 1 heterocycles. The molecule has 0 aromatic heterocycles. The molecule has 0 fully saturated rings. The molecule has 1 atom stereocenters. The van der Waals surface area contributed by atoms with Gasteiger partial charge in [0.2, 0.25) is 5.24 Å². The van der Waals surface area contributed by atoms with E-state index in [4.69, 9.17) is 16.3 Å². The predicted octanol–water partition coefficient (Wildman–Crippen LogP) is 2.84. The van der Waals surface area contributed by atoms with E-state index in [1.54, 1.807) is 48.5 Å². The molecule has 2 amide bonds. The summed E-state index contributed by atoms with van der Waals surface area (Å²) < 4.78 is 5.08. The van der Waals surface area contributed by atoms with Gasteiger partial charge in [0.1, 0.15) is 5.75 Å². The Bertz CT molecular complexity index is 781. The normalized spacial score (nSPS) is 14.5. The van der Waals surface area contributed by atoms with E-state index in [1.807, 2.05) is 0 Å². The molecule has 1 unspecified atom stereocenters. The van der Waals surface area contributed by atoms with Gasteiger partial charge in [-0.2, -0.15) is 0 Å². The zero-order chi connectivity index (χ0) is 17.3. The molecule has 1 aliphatic heterocycles. The largest absolute Gasteiger partial charge is 0.497 e. The van der Waals surface area contributed by atoms with E-state index in [0.29, 0.717) is 22.4 Å². The van der Waals surface area contributed by atoms with E-state index in [0.717, 1.165) is 4.90 Å². The average Bonchev–Trinajstić information content (AvgIpc) is 2.84. The number of nitrogens with zero attached hydrogens (tertiary/aromatic N) is 1. The smallest absolute Gasteiger partial charge is 0.261 e. The molecule has 0 saturated carbocycles. The molecular formula is C18H14ClNO4. The number of hydrogen-bond donors (Lipinski definition) is 0. The van der Waals surface area contributed by atoms with Gasteiger partial charge < -0.3 is 4.74 Å². The van der Waals surface area contributed by atoms with Gasteiger partial charge in [0.15, 0.2) is 0 Å². The van der Waals surface area contributed by atoms with Crippen molar-refractivity contribution in [2.75, 3.05) is 13.7 Å². The quantitative estimate of drug-likeness (QED) is 0.618. The van der Waals surface area contributed by atoms with Crippen molar-refractivity contribution in [3.8, 4) is 5.75 Å². The van der Waals surface area contributed by atoms with Crippen LogP contribution in [-0.2, 0) is 4.79 Å². The SMILES string of the molecule is COc1ccc(C(CN2C(=O)c3ccccc3C2=O)C(=O)Cl)cc1. The number of fused-ring (bicyclic) bond motifs is 1. The summed E-state index contributed by atoms with van der Waals surface area (Å²) in [5.74, 6) is -0.973. The molecule has 0 N–H and O–H groups in total. The van der Waals surface area contributed by atoms with Crippen LogP contribution in [-0.4, -0.2) is 35.6 Å². The van der Waals surface area contributed by atoms with E-state index in [1.165, 1.54) is 7.11 Å². The third kappa shape index (κ3) is 2.78. The second kappa shape index (κ2) is 6.45. The lowest BCUT2D eigenvalue weighted by Gasteiger charge is -2.20. The highest BCUT2D eigenvalue weighted by Gasteiger charge is 2.37. The Balaban J connectivity index is 1.88. The highest BCUT2D eigenvalue weighted by Crippen LogP contribution is 2.28. The van der Waals surface area contributed by atoms with Gasteiger partial charge in [-0.3, -0.25) is 19.3 Å². The molecule has 1 aliphatic rings. The fraction of sp³-hybridized carbons (Fsp3) is 0.167. The van der Waals surface area contributed by atoms with Crippen LogP contribution in [0.2, 0.25) is 0 Å². The summed E-state index contributed by atoms with van der Waals surface area (Å²) in [6.07, 6.45) is 0. The third-order valence-corrected chi connectivity index (χ3v) is 4.30. The van der Waals surface area contributed by atoms with Crippen molar-refractivity contribution in [3.63, 3.8) is 0 Å². The summed E-state index contributed by atoms with van der Waals surface area (Å²) in [6, 6.07) is 13.4. The number of imide groups is 1. The lowest BCUT2D eigenvalue weighted by molar-refractivity contribution is -0.113. The van der Waals surface area contributed by atoms with E-state index in [9.17, 15) is 14.4 Å². The first-order valence-corrected chi connectivity index (χ1v) is 7.69. The van der Waals surface area contributed by atoms with E-state index >= 15 is 0 Å². The summed E-state index contributed by atoms with van der Waals surface area (Å²) >= 11 is 5.72. The Morgan fingerprint density at radius 3 is 2.04 bits per heavy atom. The van der Waals surface area contributed by atoms with Crippen LogP contribution in [0.25, 0.3) is 0 Å². The van der Waals surface area contributed by atoms with Gasteiger partial charge in [-0.25, -0.2) is 0 Å². The highest BCUT2D eigenvalue weighted by atomic mass is 35.5. The molecule has 3 rings (SSSR count). The second-order valence-corrected chi connectivity index (χ2v) is 5.77. The zero-order valence-corrected chi connectivity index (χ0v) is 13.6. The topological polar surface area (TPSA) is 63.7 Å². The molecule has 6 heteroatoms. The van der Waals surface area contributed by atoms with Crippen molar-refractivity contribution in [2.24, 2.45) is 0 Å². The number of carbonyl (C=O) groups is 3. The molecule has 0 radical (unpaired) electrons. The number of carbonyl (C=O) groups excluding carboxylic acids is 3. The summed E-state index contributed by atoms with van der Waals surface area (Å²) in [6.45, 7) is -0.0962. The minimum atomic E-state index is -0.792. The number of hydrogen-bond acceptors (Lipinski definition) is 4. The fourth-order valence-corrected chi connectivity index (χ4v) is 2.93. The first-order chi connectivity index (χ1) is 11.5. The van der Waals surface area contributed by atoms with E-state index in [2.05, 4.69) is 0 Å². The first-order valence-electron chi connectivity index (χ1n) is 7.31. The molecule has 122 valence electrons. The number of methoxy groups -OCH3 is 1. The second-order valence-electron chi connectivity index (χ2n) is 5.40. The van der Waals surface area contributed by atoms with Gasteiger partial charge in [0, 0.05) is 6.54 Å². The Morgan fingerprint density at radius 2 is 1.58 bits per heavy atom. The monoisotopic (exact) mass is 343 g/mol. The fourth-order valence-electron chi connectivity index (χ4n) is 2.73. The van der Waals surface area contributed by atoms with Crippen molar-refractivity contribution < 1.29 is 19.1 Å². The van der Waals surface area contributed by atoms with Crippen molar-refractivity contribution in [1.29, 1.82) is 0 Å². The maximum atomic E-state index is 12.4. The van der Waals surface area contributed by atoms with Crippen molar-refractivity contribution >= 4 is 28.7 Å². The zero-order valence-electron chi connectivity index (χ0n) is 12.9. The van der Waals surface area contributed by atoms with Crippen molar-refractivity contribution in [1.82, 2.24) is 4.90 Å². The van der Waals surface area contributed by atoms with Gasteiger partial charge in [0.25, 0.3) is 11.8 Å². The number of amides is 2. The summed E-state index contributed by atoms with van der Waals surface area (Å²) in [5.41, 5.74) is 1.31. The van der Waals surface area contributed by atoms with Crippen LogP contribution in [0.1, 0.15) is 32.2 Å². The van der Waals surface area contributed by atoms with Gasteiger partial charge >= 0.3 is 0 Å². The lowest BCUT2D eigenvalue weighted by Crippen LogP contribution is -2.35. The molecule has 0 saturated heterocycles. The molecule has 5 nitrogen and oxygen atoms in total. The van der Waals surface area contributed by atoms with E-state index in [-0.39, 0.29) is 6.54 Å². The maximum absolute atomic E-state index is 12.4. The maximum Gasteiger partial charge on any atom is 0.261 e. The van der Waals surface area contributed by atoms with Crippen LogP contribution in [0.3, 0.4) is 0 Å². The number of ether oxygens (including phenoxy) is 1. The van der Waals surface area contributed by atoms with Crippen LogP contribution >= 0.6 is 11.6 Å². The first kappa shape index (κ1) is 16.2. The molecule has 0 spiro atoms. The van der Waals surface area contributed by atoms with Crippen LogP contribution in [0.5, 0.6) is 5.75 Å². The lowest BCUT2D eigenvalue weighted by atomic mass is 9.99. The Labute approximate surface area is 143 Å². The Hall–Kier alpha value is -2.66. The molecule has 24 heavy (non-hydrogen) atoms. The molecular weight excluding hydrogens is 330 g/mol. The third-order valence-electron chi connectivity index (χ3n) is 4.04. The van der Waals surface area contributed by atoms with Gasteiger partial charge in [-0.1, -0.05) is 24.3 Å². The van der Waals surface area contributed by atoms with Crippen LogP contribution in [0, 0.1) is 0 Å². The number of halogens is 1. The predicted molar refractivity (Wildman–Crippen MR) is 88.4 cm³/mol. The van der Waals surface area contributed by atoms with Crippen LogP contribution in [0.15, 0.2) is 48.5 Å². The number of benzene rings is 2. The molecule has 2 aromatic carbocycles. The minimum absolute atomic E-state index is 0.0962. The molecule has 0 bridgehead atoms. The number of rotatable bonds is 5. The van der Waals surface area contributed by atoms with Crippen molar-refractivity contribution in [2.45, 2.75) is 5.92 Å². The Morgan fingerprint density at radius 1 is 1.04 bits per heavy atom. The molecule has 0 aliphatic carbocycles. The van der Waals surface area contributed by atoms with Crippen molar-refractivity contribution in [3.05, 3.63) is 65.2 Å². The van der Waals surface area contributed by atoms with Crippen LogP contribution < -0.4 is 4.74 Å².